The Balaban J connectivity index is 2.39. The van der Waals surface area contributed by atoms with Gasteiger partial charge in [0, 0.05) is 12.5 Å². The maximum atomic E-state index is 12.6. The highest BCUT2D eigenvalue weighted by atomic mass is 19.3. The summed E-state index contributed by atoms with van der Waals surface area (Å²) in [5, 5.41) is 0. The lowest BCUT2D eigenvalue weighted by atomic mass is 9.90. The molecule has 126 valence electrons. The highest BCUT2D eigenvalue weighted by molar-refractivity contribution is 6.07. The number of halogens is 2. The highest BCUT2D eigenvalue weighted by Crippen LogP contribution is 2.35. The van der Waals surface area contributed by atoms with Crippen LogP contribution < -0.4 is 4.74 Å². The standard InChI is InChI=1S/C16H19F2NO4/c1-9-8-19(15(21)23-16(2,3)4)13(20)12-10(9)6-5-7-11(12)22-14(17)18/h5-7,9,14H,8H2,1-4H3. The molecule has 0 N–H and O–H groups in total. The normalized spacial score (nSPS) is 18.0. The molecule has 1 heterocycles. The van der Waals surface area contributed by atoms with Crippen LogP contribution in [0.4, 0.5) is 13.6 Å². The first-order valence-electron chi connectivity index (χ1n) is 7.22. The van der Waals surface area contributed by atoms with E-state index in [2.05, 4.69) is 4.74 Å². The van der Waals surface area contributed by atoms with Crippen molar-refractivity contribution >= 4 is 12.0 Å². The number of hydrogen-bond donors (Lipinski definition) is 0. The second-order valence-electron chi connectivity index (χ2n) is 6.40. The van der Waals surface area contributed by atoms with Gasteiger partial charge in [-0.05, 0) is 32.4 Å². The molecule has 1 aromatic carbocycles. The Bertz CT molecular complexity index is 625. The van der Waals surface area contributed by atoms with Gasteiger partial charge in [-0.3, -0.25) is 4.79 Å². The Morgan fingerprint density at radius 1 is 1.35 bits per heavy atom. The number of fused-ring (bicyclic) bond motifs is 1. The molecule has 0 radical (unpaired) electrons. The number of carbonyl (C=O) groups excluding carboxylic acids is 2. The van der Waals surface area contributed by atoms with Crippen molar-refractivity contribution in [3.63, 3.8) is 0 Å². The Labute approximate surface area is 133 Å². The molecule has 2 amide bonds. The van der Waals surface area contributed by atoms with Crippen molar-refractivity contribution in [2.45, 2.75) is 45.8 Å². The first-order chi connectivity index (χ1) is 10.6. The maximum absolute atomic E-state index is 12.6. The molecule has 1 aliphatic heterocycles. The Hall–Kier alpha value is -2.18. The molecule has 1 unspecified atom stereocenters. The zero-order valence-corrected chi connectivity index (χ0v) is 13.4. The van der Waals surface area contributed by atoms with Crippen LogP contribution in [0.3, 0.4) is 0 Å². The second-order valence-corrected chi connectivity index (χ2v) is 6.40. The van der Waals surface area contributed by atoms with Crippen LogP contribution >= 0.6 is 0 Å². The third-order valence-corrected chi connectivity index (χ3v) is 3.33. The molecule has 0 saturated carbocycles. The predicted molar refractivity (Wildman–Crippen MR) is 78.8 cm³/mol. The largest absolute Gasteiger partial charge is 0.443 e. The number of rotatable bonds is 2. The fourth-order valence-electron chi connectivity index (χ4n) is 2.45. The van der Waals surface area contributed by atoms with Gasteiger partial charge in [0.2, 0.25) is 0 Å². The number of amides is 2. The van der Waals surface area contributed by atoms with Crippen molar-refractivity contribution in [3.05, 3.63) is 29.3 Å². The SMILES string of the molecule is CC1CN(C(=O)OC(C)(C)C)C(=O)c2c(OC(F)F)cccc21. The van der Waals surface area contributed by atoms with Crippen LogP contribution in [0, 0.1) is 0 Å². The molecule has 7 heteroatoms. The summed E-state index contributed by atoms with van der Waals surface area (Å²) in [6.45, 7) is 3.92. The summed E-state index contributed by atoms with van der Waals surface area (Å²) in [7, 11) is 0. The number of ether oxygens (including phenoxy) is 2. The Morgan fingerprint density at radius 2 is 2.00 bits per heavy atom. The zero-order chi connectivity index (χ0) is 17.4. The number of benzene rings is 1. The Morgan fingerprint density at radius 3 is 2.57 bits per heavy atom. The van der Waals surface area contributed by atoms with Gasteiger partial charge in [-0.2, -0.15) is 8.78 Å². The highest BCUT2D eigenvalue weighted by Gasteiger charge is 2.37. The molecule has 0 spiro atoms. The van der Waals surface area contributed by atoms with Crippen LogP contribution in [0.5, 0.6) is 5.75 Å². The lowest BCUT2D eigenvalue weighted by Crippen LogP contribution is -2.45. The van der Waals surface area contributed by atoms with Crippen LogP contribution in [0.15, 0.2) is 18.2 Å². The van der Waals surface area contributed by atoms with Gasteiger partial charge in [0.1, 0.15) is 11.4 Å². The summed E-state index contributed by atoms with van der Waals surface area (Å²) in [4.78, 5) is 25.7. The van der Waals surface area contributed by atoms with Crippen LogP contribution in [-0.2, 0) is 4.74 Å². The minimum absolute atomic E-state index is 0.0163. The number of nitrogens with zero attached hydrogens (tertiary/aromatic N) is 1. The van der Waals surface area contributed by atoms with Gasteiger partial charge in [-0.15, -0.1) is 0 Å². The van der Waals surface area contributed by atoms with Gasteiger partial charge in [-0.25, -0.2) is 9.69 Å². The third-order valence-electron chi connectivity index (χ3n) is 3.33. The molecule has 23 heavy (non-hydrogen) atoms. The topological polar surface area (TPSA) is 55.8 Å². The molecule has 0 aliphatic carbocycles. The lowest BCUT2D eigenvalue weighted by molar-refractivity contribution is -0.0504. The third kappa shape index (κ3) is 3.78. The molecular weight excluding hydrogens is 308 g/mol. The van der Waals surface area contributed by atoms with E-state index < -0.39 is 24.2 Å². The molecule has 1 aromatic rings. The van der Waals surface area contributed by atoms with E-state index >= 15 is 0 Å². The maximum Gasteiger partial charge on any atom is 0.417 e. The second kappa shape index (κ2) is 6.14. The molecule has 0 saturated heterocycles. The van der Waals surface area contributed by atoms with E-state index in [1.807, 2.05) is 0 Å². The average molecular weight is 327 g/mol. The minimum atomic E-state index is -3.05. The van der Waals surface area contributed by atoms with Crippen molar-refractivity contribution in [3.8, 4) is 5.75 Å². The lowest BCUT2D eigenvalue weighted by Gasteiger charge is -2.33. The Kier molecular flexibility index (Phi) is 4.58. The van der Waals surface area contributed by atoms with Crippen molar-refractivity contribution in [2.24, 2.45) is 0 Å². The smallest absolute Gasteiger partial charge is 0.417 e. The summed E-state index contributed by atoms with van der Waals surface area (Å²) in [6.07, 6.45) is -0.799. The fraction of sp³-hybridized carbons (Fsp3) is 0.500. The van der Waals surface area contributed by atoms with E-state index in [-0.39, 0.29) is 23.8 Å². The summed E-state index contributed by atoms with van der Waals surface area (Å²) < 4.78 is 34.7. The van der Waals surface area contributed by atoms with Gasteiger partial charge < -0.3 is 9.47 Å². The molecule has 5 nitrogen and oxygen atoms in total. The van der Waals surface area contributed by atoms with E-state index in [1.54, 1.807) is 39.8 Å². The number of imide groups is 1. The monoisotopic (exact) mass is 327 g/mol. The predicted octanol–water partition coefficient (Wildman–Crippen LogP) is 3.78. The van der Waals surface area contributed by atoms with E-state index in [4.69, 9.17) is 4.74 Å². The van der Waals surface area contributed by atoms with E-state index in [0.29, 0.717) is 5.56 Å². The van der Waals surface area contributed by atoms with Crippen LogP contribution in [-0.4, -0.2) is 35.7 Å². The van der Waals surface area contributed by atoms with Crippen molar-refractivity contribution < 1.29 is 27.8 Å². The van der Waals surface area contributed by atoms with Crippen molar-refractivity contribution in [2.75, 3.05) is 6.54 Å². The minimum Gasteiger partial charge on any atom is -0.443 e. The van der Waals surface area contributed by atoms with E-state index in [9.17, 15) is 18.4 Å². The van der Waals surface area contributed by atoms with Gasteiger partial charge in [0.05, 0.1) is 5.56 Å². The number of alkyl halides is 2. The summed E-state index contributed by atoms with van der Waals surface area (Å²) in [5.74, 6) is -1.14. The first kappa shape index (κ1) is 17.2. The fourth-order valence-corrected chi connectivity index (χ4v) is 2.45. The van der Waals surface area contributed by atoms with E-state index in [0.717, 1.165) is 4.90 Å². The molecule has 2 rings (SSSR count). The number of hydrogen-bond acceptors (Lipinski definition) is 4. The molecular formula is C16H19F2NO4. The van der Waals surface area contributed by atoms with Gasteiger partial charge in [0.25, 0.3) is 5.91 Å². The summed E-state index contributed by atoms with van der Waals surface area (Å²) in [5.41, 5.74) is -0.203. The summed E-state index contributed by atoms with van der Waals surface area (Å²) >= 11 is 0. The van der Waals surface area contributed by atoms with Gasteiger partial charge in [0.15, 0.2) is 0 Å². The molecule has 1 atom stereocenters. The van der Waals surface area contributed by atoms with Crippen LogP contribution in [0.2, 0.25) is 0 Å². The first-order valence-corrected chi connectivity index (χ1v) is 7.22. The molecule has 1 aliphatic rings. The van der Waals surface area contributed by atoms with Crippen molar-refractivity contribution in [1.82, 2.24) is 4.90 Å². The van der Waals surface area contributed by atoms with E-state index in [1.165, 1.54) is 6.07 Å². The van der Waals surface area contributed by atoms with Gasteiger partial charge >= 0.3 is 12.7 Å². The quantitative estimate of drug-likeness (QED) is 0.829. The zero-order valence-electron chi connectivity index (χ0n) is 13.4. The number of carbonyl (C=O) groups is 2. The molecule has 0 aromatic heterocycles. The van der Waals surface area contributed by atoms with Crippen LogP contribution in [0.25, 0.3) is 0 Å². The average Bonchev–Trinajstić information content (AvgIpc) is 2.40. The van der Waals surface area contributed by atoms with Gasteiger partial charge in [-0.1, -0.05) is 19.1 Å². The molecule has 0 bridgehead atoms. The van der Waals surface area contributed by atoms with Crippen molar-refractivity contribution in [1.29, 1.82) is 0 Å². The summed E-state index contributed by atoms with van der Waals surface area (Å²) in [6, 6.07) is 4.50. The molecule has 0 fully saturated rings. The van der Waals surface area contributed by atoms with Crippen LogP contribution in [0.1, 0.15) is 49.5 Å².